The van der Waals surface area contributed by atoms with Crippen LogP contribution in [0.25, 0.3) is 0 Å². The molecule has 0 radical (unpaired) electrons. The minimum Gasteiger partial charge on any atom is -0.308 e. The Morgan fingerprint density at radius 1 is 1.18 bits per heavy atom. The van der Waals surface area contributed by atoms with Crippen LogP contribution in [0.2, 0.25) is 0 Å². The Labute approximate surface area is 106 Å². The molecule has 0 bridgehead atoms. The van der Waals surface area contributed by atoms with Gasteiger partial charge >= 0.3 is 0 Å². The second-order valence-corrected chi connectivity index (χ2v) is 7.22. The van der Waals surface area contributed by atoms with Crippen LogP contribution in [0.4, 0.5) is 0 Å². The molecule has 0 amide bonds. The Bertz CT molecular complexity index is 295. The summed E-state index contributed by atoms with van der Waals surface area (Å²) in [5.74, 6) is 1.99. The van der Waals surface area contributed by atoms with Gasteiger partial charge in [-0.3, -0.25) is 4.90 Å². The van der Waals surface area contributed by atoms with Gasteiger partial charge in [0.15, 0.2) is 0 Å². The lowest BCUT2D eigenvalue weighted by molar-refractivity contribution is 0.00184. The van der Waals surface area contributed by atoms with Gasteiger partial charge in [0, 0.05) is 30.7 Å². The highest BCUT2D eigenvalue weighted by atomic mass is 15.3. The van der Waals surface area contributed by atoms with Crippen molar-refractivity contribution < 1.29 is 0 Å². The van der Waals surface area contributed by atoms with E-state index in [2.05, 4.69) is 31.0 Å². The first-order chi connectivity index (χ1) is 8.06. The van der Waals surface area contributed by atoms with Crippen LogP contribution in [0.1, 0.15) is 52.9 Å². The average Bonchev–Trinajstić information content (AvgIpc) is 3.15. The van der Waals surface area contributed by atoms with Crippen LogP contribution in [-0.2, 0) is 0 Å². The topological polar surface area (TPSA) is 15.3 Å². The monoisotopic (exact) mass is 236 g/mol. The maximum atomic E-state index is 3.84. The fraction of sp³-hybridized carbons (Fsp3) is 1.00. The number of nitrogens with zero attached hydrogens (tertiary/aromatic N) is 1. The molecule has 3 fully saturated rings. The van der Waals surface area contributed by atoms with E-state index in [4.69, 9.17) is 0 Å². The lowest BCUT2D eigenvalue weighted by Gasteiger charge is -2.53. The molecule has 2 nitrogen and oxygen atoms in total. The average molecular weight is 236 g/mol. The van der Waals surface area contributed by atoms with Gasteiger partial charge in [0.2, 0.25) is 0 Å². The summed E-state index contributed by atoms with van der Waals surface area (Å²) in [6, 6.07) is 0. The number of hydrogen-bond acceptors (Lipinski definition) is 2. The van der Waals surface area contributed by atoms with Gasteiger partial charge in [-0.25, -0.2) is 0 Å². The van der Waals surface area contributed by atoms with Crippen molar-refractivity contribution in [2.45, 2.75) is 64.0 Å². The molecular formula is C15H28N2. The van der Waals surface area contributed by atoms with Crippen LogP contribution in [0.15, 0.2) is 0 Å². The fourth-order valence-electron chi connectivity index (χ4n) is 3.39. The molecule has 1 saturated heterocycles. The maximum absolute atomic E-state index is 3.84. The van der Waals surface area contributed by atoms with Gasteiger partial charge in [0.25, 0.3) is 0 Å². The molecule has 2 heteroatoms. The van der Waals surface area contributed by atoms with Gasteiger partial charge in [-0.15, -0.1) is 0 Å². The Morgan fingerprint density at radius 2 is 1.88 bits per heavy atom. The van der Waals surface area contributed by atoms with E-state index in [1.165, 1.54) is 51.7 Å². The van der Waals surface area contributed by atoms with Crippen molar-refractivity contribution in [3.05, 3.63) is 0 Å². The third kappa shape index (κ3) is 2.26. The molecule has 1 aliphatic heterocycles. The van der Waals surface area contributed by atoms with Gasteiger partial charge in [0.05, 0.1) is 0 Å². The van der Waals surface area contributed by atoms with Crippen molar-refractivity contribution in [3.8, 4) is 0 Å². The van der Waals surface area contributed by atoms with E-state index in [9.17, 15) is 0 Å². The fourth-order valence-corrected chi connectivity index (χ4v) is 3.39. The summed E-state index contributed by atoms with van der Waals surface area (Å²) < 4.78 is 0. The molecule has 17 heavy (non-hydrogen) atoms. The van der Waals surface area contributed by atoms with Crippen LogP contribution in [0.3, 0.4) is 0 Å². The Morgan fingerprint density at radius 3 is 2.41 bits per heavy atom. The van der Waals surface area contributed by atoms with Crippen LogP contribution in [-0.4, -0.2) is 35.6 Å². The summed E-state index contributed by atoms with van der Waals surface area (Å²) >= 11 is 0. The van der Waals surface area contributed by atoms with Gasteiger partial charge in [-0.05, 0) is 57.8 Å². The first-order valence-corrected chi connectivity index (χ1v) is 7.56. The standard InChI is InChI=1S/C15H28N2/c1-4-14(2)11-17(9-12-5-6-12)15(3,10-16-14)13-7-8-13/h12-13,16H,4-11H2,1-3H3. The number of rotatable bonds is 4. The molecule has 2 saturated carbocycles. The highest BCUT2D eigenvalue weighted by Crippen LogP contribution is 2.46. The van der Waals surface area contributed by atoms with Crippen molar-refractivity contribution in [3.63, 3.8) is 0 Å². The van der Waals surface area contributed by atoms with Gasteiger partial charge in [-0.1, -0.05) is 6.92 Å². The largest absolute Gasteiger partial charge is 0.308 e. The molecule has 2 atom stereocenters. The van der Waals surface area contributed by atoms with Gasteiger partial charge in [0.1, 0.15) is 0 Å². The highest BCUT2D eigenvalue weighted by Gasteiger charge is 2.51. The van der Waals surface area contributed by atoms with E-state index in [1.807, 2.05) is 0 Å². The summed E-state index contributed by atoms with van der Waals surface area (Å²) in [7, 11) is 0. The lowest BCUT2D eigenvalue weighted by atomic mass is 9.84. The van der Waals surface area contributed by atoms with Gasteiger partial charge < -0.3 is 5.32 Å². The summed E-state index contributed by atoms with van der Waals surface area (Å²) in [5, 5.41) is 3.84. The minimum atomic E-state index is 0.350. The van der Waals surface area contributed by atoms with E-state index in [0.717, 1.165) is 11.8 Å². The molecule has 3 aliphatic rings. The van der Waals surface area contributed by atoms with Crippen molar-refractivity contribution >= 4 is 0 Å². The molecule has 0 spiro atoms. The van der Waals surface area contributed by atoms with Crippen LogP contribution in [0, 0.1) is 11.8 Å². The summed E-state index contributed by atoms with van der Waals surface area (Å²) in [4.78, 5) is 2.85. The maximum Gasteiger partial charge on any atom is 0.0335 e. The SMILES string of the molecule is CCC1(C)CN(CC2CC2)C(C)(C2CC2)CN1. The summed E-state index contributed by atoms with van der Waals surface area (Å²) in [5.41, 5.74) is 0.806. The summed E-state index contributed by atoms with van der Waals surface area (Å²) in [6.45, 7) is 11.1. The van der Waals surface area contributed by atoms with E-state index < -0.39 is 0 Å². The minimum absolute atomic E-state index is 0.350. The molecule has 2 aliphatic carbocycles. The quantitative estimate of drug-likeness (QED) is 0.807. The number of nitrogens with one attached hydrogen (secondary N) is 1. The van der Waals surface area contributed by atoms with Crippen LogP contribution in [0.5, 0.6) is 0 Å². The zero-order valence-electron chi connectivity index (χ0n) is 11.8. The van der Waals surface area contributed by atoms with Crippen molar-refractivity contribution in [1.82, 2.24) is 10.2 Å². The molecule has 1 N–H and O–H groups in total. The zero-order chi connectivity index (χ0) is 12.1. The Kier molecular flexibility index (Phi) is 2.79. The van der Waals surface area contributed by atoms with Gasteiger partial charge in [-0.2, -0.15) is 0 Å². The van der Waals surface area contributed by atoms with Crippen LogP contribution >= 0.6 is 0 Å². The molecule has 0 aromatic carbocycles. The van der Waals surface area contributed by atoms with E-state index in [1.54, 1.807) is 0 Å². The Balaban J connectivity index is 1.74. The predicted molar refractivity (Wildman–Crippen MR) is 72.1 cm³/mol. The van der Waals surface area contributed by atoms with Crippen molar-refractivity contribution in [1.29, 1.82) is 0 Å². The predicted octanol–water partition coefficient (Wildman–Crippen LogP) is 2.64. The molecule has 0 aromatic heterocycles. The second kappa shape index (κ2) is 3.96. The molecule has 3 rings (SSSR count). The molecule has 2 unspecified atom stereocenters. The lowest BCUT2D eigenvalue weighted by Crippen LogP contribution is -2.69. The first kappa shape index (κ1) is 12.0. The number of piperazine rings is 1. The van der Waals surface area contributed by atoms with E-state index in [0.29, 0.717) is 11.1 Å². The van der Waals surface area contributed by atoms with Crippen molar-refractivity contribution in [2.24, 2.45) is 11.8 Å². The molecular weight excluding hydrogens is 208 g/mol. The molecule has 1 heterocycles. The summed E-state index contributed by atoms with van der Waals surface area (Å²) in [6.07, 6.45) is 7.13. The molecule has 98 valence electrons. The highest BCUT2D eigenvalue weighted by molar-refractivity contribution is 5.08. The second-order valence-electron chi connectivity index (χ2n) is 7.22. The Hall–Kier alpha value is -0.0800. The zero-order valence-corrected chi connectivity index (χ0v) is 11.8. The smallest absolute Gasteiger partial charge is 0.0335 e. The normalized spacial score (nSPS) is 43.9. The van der Waals surface area contributed by atoms with E-state index >= 15 is 0 Å². The van der Waals surface area contributed by atoms with Crippen molar-refractivity contribution in [2.75, 3.05) is 19.6 Å². The van der Waals surface area contributed by atoms with E-state index in [-0.39, 0.29) is 0 Å². The number of hydrogen-bond donors (Lipinski definition) is 1. The molecule has 0 aromatic rings. The third-order valence-electron chi connectivity index (χ3n) is 5.55. The first-order valence-electron chi connectivity index (χ1n) is 7.56. The van der Waals surface area contributed by atoms with Crippen LogP contribution < -0.4 is 5.32 Å². The third-order valence-corrected chi connectivity index (χ3v) is 5.55.